The minimum Gasteiger partial charge on any atom is -0.462 e. The number of carbonyl (C=O) groups is 3. The van der Waals surface area contributed by atoms with Gasteiger partial charge in [-0.1, -0.05) is 304 Å². The number of allylic oxidation sites excluding steroid dienone is 16. The van der Waals surface area contributed by atoms with Gasteiger partial charge in [0, 0.05) is 19.3 Å². The van der Waals surface area contributed by atoms with Crippen molar-refractivity contribution >= 4 is 17.9 Å². The smallest absolute Gasteiger partial charge is 0.306 e. The van der Waals surface area contributed by atoms with Gasteiger partial charge < -0.3 is 14.2 Å². The molecule has 0 fully saturated rings. The van der Waals surface area contributed by atoms with Crippen LogP contribution in [-0.2, 0) is 28.6 Å². The van der Waals surface area contributed by atoms with Gasteiger partial charge in [-0.25, -0.2) is 0 Å². The molecule has 78 heavy (non-hydrogen) atoms. The summed E-state index contributed by atoms with van der Waals surface area (Å²) in [6.45, 7) is 6.49. The third-order valence-corrected chi connectivity index (χ3v) is 14.3. The average Bonchev–Trinajstić information content (AvgIpc) is 3.44. The first-order chi connectivity index (χ1) is 38.5. The Morgan fingerprint density at radius 2 is 0.513 bits per heavy atom. The van der Waals surface area contributed by atoms with Crippen LogP contribution in [-0.4, -0.2) is 37.2 Å². The molecule has 0 saturated carbocycles. The third kappa shape index (κ3) is 63.2. The molecule has 0 radical (unpaired) electrons. The summed E-state index contributed by atoms with van der Waals surface area (Å²) in [7, 11) is 0. The molecule has 448 valence electrons. The average molecular weight is 1090 g/mol. The standard InChI is InChI=1S/C72H124O6/c1-4-7-10-13-16-19-22-24-26-27-28-29-30-31-32-33-34-35-36-37-38-39-40-41-42-43-44-45-46-48-50-53-56-59-62-65-71(74)77-68-69(67-76-70(73)64-61-58-55-52-49-21-18-15-12-9-6-3)78-72(75)66-63-60-57-54-51-47-25-23-20-17-14-11-8-5-2/h7,10,14,16-17,19,23-26,28-29,31-32,34-35,69H,4-6,8-9,11-13,15,18,20-22,27,30,33,36-68H2,1-3H3/b10-7-,17-14-,19-16-,25-23-,26-24-,29-28-,32-31-,35-34-. The number of esters is 3. The Bertz CT molecular complexity index is 1530. The third-order valence-electron chi connectivity index (χ3n) is 14.3. The molecule has 0 aromatic carbocycles. The van der Waals surface area contributed by atoms with E-state index in [1.54, 1.807) is 0 Å². The Morgan fingerprint density at radius 3 is 0.821 bits per heavy atom. The Labute approximate surface area is 483 Å². The van der Waals surface area contributed by atoms with Crippen LogP contribution in [0.5, 0.6) is 0 Å². The highest BCUT2D eigenvalue weighted by atomic mass is 16.6. The Balaban J connectivity index is 4.09. The van der Waals surface area contributed by atoms with E-state index in [0.717, 1.165) is 122 Å². The van der Waals surface area contributed by atoms with Crippen molar-refractivity contribution in [3.63, 3.8) is 0 Å². The Morgan fingerprint density at radius 1 is 0.269 bits per heavy atom. The van der Waals surface area contributed by atoms with Crippen LogP contribution in [0.3, 0.4) is 0 Å². The van der Waals surface area contributed by atoms with Gasteiger partial charge in [-0.2, -0.15) is 0 Å². The lowest BCUT2D eigenvalue weighted by Crippen LogP contribution is -2.30. The van der Waals surface area contributed by atoms with Gasteiger partial charge in [0.05, 0.1) is 0 Å². The molecule has 0 amide bonds. The molecule has 0 aromatic rings. The molecule has 0 aromatic heterocycles. The lowest BCUT2D eigenvalue weighted by atomic mass is 10.0. The maximum atomic E-state index is 12.9. The molecule has 0 heterocycles. The van der Waals surface area contributed by atoms with Crippen LogP contribution < -0.4 is 0 Å². The number of carbonyl (C=O) groups excluding carboxylic acids is 3. The van der Waals surface area contributed by atoms with Crippen molar-refractivity contribution in [3.05, 3.63) is 97.2 Å². The van der Waals surface area contributed by atoms with Crippen LogP contribution in [0.4, 0.5) is 0 Å². The highest BCUT2D eigenvalue weighted by Crippen LogP contribution is 2.17. The summed E-state index contributed by atoms with van der Waals surface area (Å²) >= 11 is 0. The van der Waals surface area contributed by atoms with Crippen LogP contribution in [0.2, 0.25) is 0 Å². The minimum absolute atomic E-state index is 0.0781. The summed E-state index contributed by atoms with van der Waals surface area (Å²) in [5.74, 6) is -0.881. The molecule has 0 N–H and O–H groups in total. The summed E-state index contributed by atoms with van der Waals surface area (Å²) < 4.78 is 16.9. The van der Waals surface area contributed by atoms with E-state index in [9.17, 15) is 14.4 Å². The van der Waals surface area contributed by atoms with Crippen molar-refractivity contribution in [2.24, 2.45) is 0 Å². The zero-order valence-electron chi connectivity index (χ0n) is 51.4. The maximum Gasteiger partial charge on any atom is 0.306 e. The fraction of sp³-hybridized carbons (Fsp3) is 0.736. The van der Waals surface area contributed by atoms with E-state index in [1.807, 2.05) is 0 Å². The number of ether oxygens (including phenoxy) is 3. The molecule has 0 rings (SSSR count). The molecular weight excluding hydrogens is 961 g/mol. The second-order valence-electron chi connectivity index (χ2n) is 22.0. The fourth-order valence-corrected chi connectivity index (χ4v) is 9.35. The molecule has 6 heteroatoms. The molecule has 1 atom stereocenters. The molecular formula is C72H124O6. The second kappa shape index (κ2) is 65.8. The summed E-state index contributed by atoms with van der Waals surface area (Å²) in [5.41, 5.74) is 0. The zero-order chi connectivity index (χ0) is 56.4. The SMILES string of the molecule is CC/C=C\C/C=C\C/C=C\C/C=C\C/C=C\C/C=C\CCCCCCCCCCCCCCCCCCC(=O)OCC(COC(=O)CCCCCCCCCCCCC)OC(=O)CCCCCCC/C=C\C/C=C\CCCC. The van der Waals surface area contributed by atoms with Crippen molar-refractivity contribution in [2.45, 2.75) is 329 Å². The highest BCUT2D eigenvalue weighted by molar-refractivity contribution is 5.71. The fourth-order valence-electron chi connectivity index (χ4n) is 9.35. The predicted octanol–water partition coefficient (Wildman–Crippen LogP) is 22.8. The second-order valence-corrected chi connectivity index (χ2v) is 22.0. The molecule has 1 unspecified atom stereocenters. The van der Waals surface area contributed by atoms with E-state index in [1.165, 1.54) is 161 Å². The summed E-state index contributed by atoms with van der Waals surface area (Å²) in [6, 6.07) is 0. The summed E-state index contributed by atoms with van der Waals surface area (Å²) in [4.78, 5) is 38.2. The molecule has 0 aliphatic heterocycles. The molecule has 0 aliphatic carbocycles. The lowest BCUT2D eigenvalue weighted by Gasteiger charge is -2.18. The highest BCUT2D eigenvalue weighted by Gasteiger charge is 2.19. The van der Waals surface area contributed by atoms with E-state index in [0.29, 0.717) is 19.3 Å². The minimum atomic E-state index is -0.781. The normalized spacial score (nSPS) is 12.7. The van der Waals surface area contributed by atoms with Crippen molar-refractivity contribution < 1.29 is 28.6 Å². The van der Waals surface area contributed by atoms with Gasteiger partial charge in [-0.3, -0.25) is 14.4 Å². The number of hydrogen-bond donors (Lipinski definition) is 0. The van der Waals surface area contributed by atoms with Crippen LogP contribution >= 0.6 is 0 Å². The van der Waals surface area contributed by atoms with Gasteiger partial charge in [0.25, 0.3) is 0 Å². The van der Waals surface area contributed by atoms with Gasteiger partial charge in [-0.05, 0) is 96.3 Å². The molecule has 0 saturated heterocycles. The predicted molar refractivity (Wildman–Crippen MR) is 339 cm³/mol. The van der Waals surface area contributed by atoms with Gasteiger partial charge >= 0.3 is 17.9 Å². The van der Waals surface area contributed by atoms with Crippen LogP contribution in [0.15, 0.2) is 97.2 Å². The first-order valence-electron chi connectivity index (χ1n) is 33.2. The van der Waals surface area contributed by atoms with Crippen LogP contribution in [0, 0.1) is 0 Å². The lowest BCUT2D eigenvalue weighted by molar-refractivity contribution is -0.167. The van der Waals surface area contributed by atoms with Gasteiger partial charge in [0.2, 0.25) is 0 Å². The molecule has 0 aliphatic rings. The first kappa shape index (κ1) is 74.3. The van der Waals surface area contributed by atoms with E-state index in [2.05, 4.69) is 118 Å². The summed E-state index contributed by atoms with van der Waals surface area (Å²) in [6.07, 6.45) is 88.6. The molecule has 6 nitrogen and oxygen atoms in total. The van der Waals surface area contributed by atoms with E-state index in [-0.39, 0.29) is 31.1 Å². The number of hydrogen-bond acceptors (Lipinski definition) is 6. The van der Waals surface area contributed by atoms with Crippen molar-refractivity contribution in [1.82, 2.24) is 0 Å². The quantitative estimate of drug-likeness (QED) is 0.0261. The number of rotatable bonds is 60. The van der Waals surface area contributed by atoms with Crippen LogP contribution in [0.25, 0.3) is 0 Å². The number of unbranched alkanes of at least 4 members (excludes halogenated alkanes) is 33. The Hall–Kier alpha value is -3.67. The monoisotopic (exact) mass is 1080 g/mol. The topological polar surface area (TPSA) is 78.9 Å². The molecule has 0 bridgehead atoms. The van der Waals surface area contributed by atoms with Gasteiger partial charge in [0.1, 0.15) is 13.2 Å². The Kier molecular flexibility index (Phi) is 62.7. The summed E-state index contributed by atoms with van der Waals surface area (Å²) in [5, 5.41) is 0. The van der Waals surface area contributed by atoms with Crippen molar-refractivity contribution in [2.75, 3.05) is 13.2 Å². The van der Waals surface area contributed by atoms with E-state index >= 15 is 0 Å². The van der Waals surface area contributed by atoms with Gasteiger partial charge in [-0.15, -0.1) is 0 Å². The van der Waals surface area contributed by atoms with Crippen molar-refractivity contribution in [3.8, 4) is 0 Å². The van der Waals surface area contributed by atoms with Crippen LogP contribution in [0.1, 0.15) is 323 Å². The maximum absolute atomic E-state index is 12.9. The van der Waals surface area contributed by atoms with E-state index < -0.39 is 6.10 Å². The first-order valence-corrected chi connectivity index (χ1v) is 33.2. The zero-order valence-corrected chi connectivity index (χ0v) is 51.4. The van der Waals surface area contributed by atoms with E-state index in [4.69, 9.17) is 14.2 Å². The largest absolute Gasteiger partial charge is 0.462 e. The van der Waals surface area contributed by atoms with Crippen molar-refractivity contribution in [1.29, 1.82) is 0 Å². The van der Waals surface area contributed by atoms with Gasteiger partial charge in [0.15, 0.2) is 6.10 Å². The molecule has 0 spiro atoms.